The Bertz CT molecular complexity index is 689. The van der Waals surface area contributed by atoms with E-state index in [9.17, 15) is 14.9 Å². The van der Waals surface area contributed by atoms with E-state index >= 15 is 0 Å². The van der Waals surface area contributed by atoms with Crippen LogP contribution < -0.4 is 5.32 Å². The van der Waals surface area contributed by atoms with Crippen LogP contribution in [0.25, 0.3) is 0 Å². The molecule has 1 aromatic rings. The molecule has 0 aliphatic heterocycles. The molecule has 4 fully saturated rings. The maximum Gasteiger partial charge on any atom is 0.312 e. The van der Waals surface area contributed by atoms with E-state index in [0.29, 0.717) is 24.4 Å². The molecule has 0 atom stereocenters. The molecule has 25 heavy (non-hydrogen) atoms. The highest BCUT2D eigenvalue weighted by atomic mass is 16.6. The van der Waals surface area contributed by atoms with Gasteiger partial charge in [0.1, 0.15) is 11.4 Å². The fourth-order valence-electron chi connectivity index (χ4n) is 6.00. The normalized spacial score (nSPS) is 32.8. The topological polar surface area (TPSA) is 90.1 Å². The van der Waals surface area contributed by atoms with Crippen molar-refractivity contribution in [2.24, 2.45) is 17.8 Å². The lowest BCUT2D eigenvalue weighted by Gasteiger charge is -2.56. The molecule has 1 amide bonds. The summed E-state index contributed by atoms with van der Waals surface area (Å²) in [7, 11) is 0. The Morgan fingerprint density at radius 3 is 2.28 bits per heavy atom. The number of rotatable bonds is 5. The number of nitro groups is 1. The molecule has 4 saturated carbocycles. The number of amides is 1. The molecule has 0 spiro atoms. The van der Waals surface area contributed by atoms with Crippen molar-refractivity contribution < 1.29 is 9.72 Å². The predicted octanol–water partition coefficient (Wildman–Crippen LogP) is 2.88. The summed E-state index contributed by atoms with van der Waals surface area (Å²) in [5.41, 5.74) is 1.00. The average Bonchev–Trinajstić information content (AvgIpc) is 2.77. The maximum atomic E-state index is 12.6. The van der Waals surface area contributed by atoms with E-state index in [4.69, 9.17) is 0 Å². The van der Waals surface area contributed by atoms with Crippen molar-refractivity contribution in [1.29, 1.82) is 0 Å². The zero-order valence-corrected chi connectivity index (χ0v) is 15.0. The van der Waals surface area contributed by atoms with Crippen molar-refractivity contribution >= 4 is 11.6 Å². The van der Waals surface area contributed by atoms with Crippen LogP contribution in [0.1, 0.15) is 56.3 Å². The Hall–Kier alpha value is -1.92. The molecule has 0 unspecified atom stereocenters. The van der Waals surface area contributed by atoms with Crippen LogP contribution in [-0.4, -0.2) is 26.1 Å². The first-order valence-electron chi connectivity index (χ1n) is 9.34. The van der Waals surface area contributed by atoms with Crippen LogP contribution in [0.4, 0.5) is 5.69 Å². The molecule has 4 bridgehead atoms. The van der Waals surface area contributed by atoms with Gasteiger partial charge in [-0.25, -0.2) is 0 Å². The van der Waals surface area contributed by atoms with Crippen molar-refractivity contribution in [2.45, 2.75) is 70.9 Å². The van der Waals surface area contributed by atoms with Gasteiger partial charge < -0.3 is 5.32 Å². The summed E-state index contributed by atoms with van der Waals surface area (Å²) in [6, 6.07) is 0. The number of aryl methyl sites for hydroxylation is 2. The van der Waals surface area contributed by atoms with E-state index in [2.05, 4.69) is 10.4 Å². The molecule has 0 radical (unpaired) electrons. The van der Waals surface area contributed by atoms with Crippen LogP contribution in [0, 0.1) is 41.7 Å². The summed E-state index contributed by atoms with van der Waals surface area (Å²) in [6.45, 7) is 3.71. The lowest BCUT2D eigenvalue weighted by atomic mass is 9.53. The number of hydrogen-bond donors (Lipinski definition) is 1. The predicted molar refractivity (Wildman–Crippen MR) is 92.0 cm³/mol. The van der Waals surface area contributed by atoms with Gasteiger partial charge >= 0.3 is 5.69 Å². The van der Waals surface area contributed by atoms with Crippen LogP contribution >= 0.6 is 0 Å². The standard InChI is InChI=1S/C18H26N4O3/c1-11-17(22(24)25)12(2)21(20-11)4-3-16(23)19-18-8-13-5-14(9-18)7-15(6-13)10-18/h13-15H,3-10H2,1-2H3,(H,19,23). The maximum absolute atomic E-state index is 12.6. The molecule has 4 aliphatic rings. The molecule has 4 aliphatic carbocycles. The van der Waals surface area contributed by atoms with E-state index in [1.807, 2.05) is 0 Å². The Kier molecular flexibility index (Phi) is 3.85. The molecule has 0 saturated heterocycles. The molecule has 7 nitrogen and oxygen atoms in total. The summed E-state index contributed by atoms with van der Waals surface area (Å²) in [6.07, 6.45) is 7.78. The number of nitrogens with zero attached hydrogens (tertiary/aromatic N) is 3. The minimum absolute atomic E-state index is 0.0207. The van der Waals surface area contributed by atoms with Gasteiger partial charge in [0.15, 0.2) is 0 Å². The second kappa shape index (κ2) is 5.81. The quantitative estimate of drug-likeness (QED) is 0.655. The number of hydrogen-bond acceptors (Lipinski definition) is 4. The van der Waals surface area contributed by atoms with Gasteiger partial charge in [0, 0.05) is 12.0 Å². The summed E-state index contributed by atoms with van der Waals surface area (Å²) in [5, 5.41) is 18.7. The fraction of sp³-hybridized carbons (Fsp3) is 0.778. The Morgan fingerprint density at radius 2 is 1.80 bits per heavy atom. The summed E-state index contributed by atoms with van der Waals surface area (Å²) < 4.78 is 1.59. The number of nitrogens with one attached hydrogen (secondary N) is 1. The first-order valence-corrected chi connectivity index (χ1v) is 9.34. The highest BCUT2D eigenvalue weighted by Crippen LogP contribution is 2.55. The number of aromatic nitrogens is 2. The van der Waals surface area contributed by atoms with Gasteiger partial charge in [-0.05, 0) is 70.1 Å². The van der Waals surface area contributed by atoms with E-state index < -0.39 is 4.92 Å². The van der Waals surface area contributed by atoms with E-state index in [1.54, 1.807) is 18.5 Å². The molecule has 1 heterocycles. The third-order valence-electron chi connectivity index (χ3n) is 6.52. The molecule has 1 N–H and O–H groups in total. The molecular formula is C18H26N4O3. The summed E-state index contributed by atoms with van der Waals surface area (Å²) >= 11 is 0. The fourth-order valence-corrected chi connectivity index (χ4v) is 6.00. The Labute approximate surface area is 147 Å². The number of carbonyl (C=O) groups is 1. The minimum Gasteiger partial charge on any atom is -0.351 e. The van der Waals surface area contributed by atoms with Crippen LogP contribution in [0.5, 0.6) is 0 Å². The van der Waals surface area contributed by atoms with Crippen molar-refractivity contribution in [2.75, 3.05) is 0 Å². The van der Waals surface area contributed by atoms with Crippen molar-refractivity contribution in [3.63, 3.8) is 0 Å². The summed E-state index contributed by atoms with van der Waals surface area (Å²) in [4.78, 5) is 23.2. The Balaban J connectivity index is 1.39. The van der Waals surface area contributed by atoms with Gasteiger partial charge in [-0.1, -0.05) is 0 Å². The third kappa shape index (κ3) is 2.93. The van der Waals surface area contributed by atoms with E-state index in [1.165, 1.54) is 19.3 Å². The monoisotopic (exact) mass is 346 g/mol. The lowest BCUT2D eigenvalue weighted by molar-refractivity contribution is -0.386. The summed E-state index contributed by atoms with van der Waals surface area (Å²) in [5.74, 6) is 2.44. The number of carbonyl (C=O) groups excluding carboxylic acids is 1. The van der Waals surface area contributed by atoms with E-state index in [-0.39, 0.29) is 17.1 Å². The van der Waals surface area contributed by atoms with Crippen molar-refractivity contribution in [3.05, 3.63) is 21.5 Å². The van der Waals surface area contributed by atoms with Crippen LogP contribution in [0.2, 0.25) is 0 Å². The van der Waals surface area contributed by atoms with Crippen LogP contribution in [0.3, 0.4) is 0 Å². The highest BCUT2D eigenvalue weighted by molar-refractivity contribution is 5.76. The van der Waals surface area contributed by atoms with Crippen LogP contribution in [-0.2, 0) is 11.3 Å². The molecular weight excluding hydrogens is 320 g/mol. The lowest BCUT2D eigenvalue weighted by Crippen LogP contribution is -2.59. The molecule has 0 aromatic carbocycles. The van der Waals surface area contributed by atoms with Gasteiger partial charge in [0.2, 0.25) is 5.91 Å². The van der Waals surface area contributed by atoms with Gasteiger partial charge in [-0.15, -0.1) is 0 Å². The van der Waals surface area contributed by atoms with Crippen molar-refractivity contribution in [3.8, 4) is 0 Å². The Morgan fingerprint density at radius 1 is 1.24 bits per heavy atom. The third-order valence-corrected chi connectivity index (χ3v) is 6.52. The molecule has 136 valence electrons. The molecule has 5 rings (SSSR count). The van der Waals surface area contributed by atoms with Gasteiger partial charge in [0.05, 0.1) is 11.5 Å². The largest absolute Gasteiger partial charge is 0.351 e. The SMILES string of the molecule is Cc1nn(CCC(=O)NC23CC4CC(CC(C4)C2)C3)c(C)c1[N+](=O)[O-]. The average molecular weight is 346 g/mol. The first-order chi connectivity index (χ1) is 11.8. The van der Waals surface area contributed by atoms with E-state index in [0.717, 1.165) is 37.0 Å². The van der Waals surface area contributed by atoms with Gasteiger partial charge in [-0.3, -0.25) is 19.6 Å². The van der Waals surface area contributed by atoms with Gasteiger partial charge in [-0.2, -0.15) is 5.10 Å². The van der Waals surface area contributed by atoms with Crippen LogP contribution in [0.15, 0.2) is 0 Å². The van der Waals surface area contributed by atoms with Crippen molar-refractivity contribution in [1.82, 2.24) is 15.1 Å². The zero-order valence-electron chi connectivity index (χ0n) is 15.0. The first kappa shape index (κ1) is 16.5. The minimum atomic E-state index is -0.399. The zero-order chi connectivity index (χ0) is 17.8. The molecule has 1 aromatic heterocycles. The van der Waals surface area contributed by atoms with Gasteiger partial charge in [0.25, 0.3) is 0 Å². The smallest absolute Gasteiger partial charge is 0.312 e. The second-order valence-corrected chi connectivity index (χ2v) is 8.50. The molecule has 7 heteroatoms. The second-order valence-electron chi connectivity index (χ2n) is 8.50. The highest BCUT2D eigenvalue weighted by Gasteiger charge is 2.51.